The molecule has 0 atom stereocenters. The molecule has 0 unspecified atom stereocenters. The first-order chi connectivity index (χ1) is 22.5. The van der Waals surface area contributed by atoms with E-state index in [2.05, 4.69) is 32.1 Å². The molecule has 4 aromatic rings. The summed E-state index contributed by atoms with van der Waals surface area (Å²) in [4.78, 5) is 28.9. The number of halogens is 2. The molecular formula is C36H42ClFN6O3. The van der Waals surface area contributed by atoms with E-state index in [1.807, 2.05) is 52.0 Å². The van der Waals surface area contributed by atoms with Crippen LogP contribution in [-0.4, -0.2) is 72.2 Å². The van der Waals surface area contributed by atoms with Crippen molar-refractivity contribution in [3.63, 3.8) is 0 Å². The van der Waals surface area contributed by atoms with Crippen LogP contribution in [0, 0.1) is 33.5 Å². The number of benzene rings is 3. The molecule has 9 nitrogen and oxygen atoms in total. The molecule has 1 fully saturated rings. The monoisotopic (exact) mass is 660 g/mol. The average molecular weight is 661 g/mol. The minimum Gasteiger partial charge on any atom is -0.490 e. The van der Waals surface area contributed by atoms with Gasteiger partial charge in [0.25, 0.3) is 0 Å². The molecule has 11 heteroatoms. The van der Waals surface area contributed by atoms with Crippen LogP contribution in [0.4, 0.5) is 26.6 Å². The molecule has 0 bridgehead atoms. The van der Waals surface area contributed by atoms with Gasteiger partial charge in [0, 0.05) is 55.7 Å². The zero-order valence-electron chi connectivity index (χ0n) is 27.6. The molecule has 0 spiro atoms. The number of carbonyl (C=O) groups excluding carboxylic acids is 1. The summed E-state index contributed by atoms with van der Waals surface area (Å²) in [7, 11) is 2.13. The quantitative estimate of drug-likeness (QED) is 0.166. The Labute approximate surface area is 281 Å². The van der Waals surface area contributed by atoms with Gasteiger partial charge in [-0.3, -0.25) is 4.90 Å². The van der Waals surface area contributed by atoms with Crippen LogP contribution in [0.3, 0.4) is 0 Å². The van der Waals surface area contributed by atoms with E-state index < -0.39 is 11.9 Å². The summed E-state index contributed by atoms with van der Waals surface area (Å²) in [6.45, 7) is 13.5. The van der Waals surface area contributed by atoms with E-state index >= 15 is 0 Å². The predicted octanol–water partition coefficient (Wildman–Crippen LogP) is 7.47. The second-order valence-corrected chi connectivity index (χ2v) is 12.5. The van der Waals surface area contributed by atoms with E-state index in [9.17, 15) is 9.18 Å². The summed E-state index contributed by atoms with van der Waals surface area (Å²) in [5.41, 5.74) is 5.01. The standard InChI is InChI=1S/C36H42ClFN6O3/c1-24-19-26(3)34(27(4)20-24)47-36(45)44(23-28-21-29(37)8-7-25(28)2)33-11-12-39-35(41-33)40-30-9-10-32(31(38)22-30)46-18-6-13-43-16-14-42(5)15-17-43/h7-12,19-22H,6,13-18,23H2,1-5H3,(H,39,40,41). The Morgan fingerprint density at radius 1 is 0.979 bits per heavy atom. The average Bonchev–Trinajstić information content (AvgIpc) is 3.03. The number of likely N-dealkylation sites (N-methyl/N-ethyl adjacent to an activating group) is 1. The number of amides is 1. The number of nitrogens with zero attached hydrogens (tertiary/aromatic N) is 5. The number of rotatable bonds is 11. The van der Waals surface area contributed by atoms with Gasteiger partial charge in [0.2, 0.25) is 5.95 Å². The summed E-state index contributed by atoms with van der Waals surface area (Å²) >= 11 is 6.31. The summed E-state index contributed by atoms with van der Waals surface area (Å²) in [5, 5.41) is 3.60. The fourth-order valence-corrected chi connectivity index (χ4v) is 5.81. The van der Waals surface area contributed by atoms with E-state index in [0.29, 0.717) is 28.9 Å². The minimum absolute atomic E-state index is 0.154. The molecule has 5 rings (SSSR count). The van der Waals surface area contributed by atoms with Crippen molar-refractivity contribution in [2.75, 3.05) is 56.6 Å². The van der Waals surface area contributed by atoms with Crippen molar-refractivity contribution in [2.24, 2.45) is 0 Å². The van der Waals surface area contributed by atoms with Gasteiger partial charge < -0.3 is 24.6 Å². The van der Waals surface area contributed by atoms with Crippen LogP contribution in [-0.2, 0) is 6.54 Å². The lowest BCUT2D eigenvalue weighted by Gasteiger charge is -2.32. The fraction of sp³-hybridized carbons (Fsp3) is 0.361. The Balaban J connectivity index is 1.30. The molecule has 248 valence electrons. The van der Waals surface area contributed by atoms with Crippen molar-refractivity contribution in [2.45, 2.75) is 40.7 Å². The summed E-state index contributed by atoms with van der Waals surface area (Å²) in [6, 6.07) is 15.7. The Hall–Kier alpha value is -4.25. The summed E-state index contributed by atoms with van der Waals surface area (Å²) in [6.07, 6.45) is 1.75. The van der Waals surface area contributed by atoms with Gasteiger partial charge in [-0.2, -0.15) is 4.98 Å². The number of nitrogens with one attached hydrogen (secondary N) is 1. The maximum absolute atomic E-state index is 15.0. The van der Waals surface area contributed by atoms with Gasteiger partial charge in [-0.15, -0.1) is 0 Å². The lowest BCUT2D eigenvalue weighted by molar-refractivity contribution is 0.145. The highest BCUT2D eigenvalue weighted by Crippen LogP contribution is 2.28. The van der Waals surface area contributed by atoms with Gasteiger partial charge in [-0.1, -0.05) is 35.4 Å². The zero-order valence-corrected chi connectivity index (χ0v) is 28.4. The van der Waals surface area contributed by atoms with Crippen molar-refractivity contribution in [3.05, 3.63) is 99.5 Å². The van der Waals surface area contributed by atoms with Crippen LogP contribution >= 0.6 is 11.6 Å². The maximum atomic E-state index is 15.0. The van der Waals surface area contributed by atoms with Gasteiger partial charge in [0.05, 0.1) is 13.2 Å². The van der Waals surface area contributed by atoms with Crippen LogP contribution in [0.25, 0.3) is 0 Å². The fourth-order valence-electron chi connectivity index (χ4n) is 5.62. The number of hydrogen-bond donors (Lipinski definition) is 1. The van der Waals surface area contributed by atoms with Gasteiger partial charge in [0.15, 0.2) is 11.6 Å². The molecule has 3 aromatic carbocycles. The molecule has 1 aliphatic heterocycles. The first-order valence-electron chi connectivity index (χ1n) is 15.8. The van der Waals surface area contributed by atoms with E-state index in [0.717, 1.165) is 67.0 Å². The van der Waals surface area contributed by atoms with E-state index in [1.165, 1.54) is 17.2 Å². The van der Waals surface area contributed by atoms with Crippen LogP contribution in [0.1, 0.15) is 34.2 Å². The Bertz CT molecular complexity index is 1690. The first-order valence-corrected chi connectivity index (χ1v) is 16.2. The third-order valence-corrected chi connectivity index (χ3v) is 8.47. The van der Waals surface area contributed by atoms with Crippen molar-refractivity contribution in [1.29, 1.82) is 0 Å². The highest BCUT2D eigenvalue weighted by Gasteiger charge is 2.23. The number of piperazine rings is 1. The maximum Gasteiger partial charge on any atom is 0.421 e. The van der Waals surface area contributed by atoms with E-state index in [-0.39, 0.29) is 18.2 Å². The van der Waals surface area contributed by atoms with Crippen LogP contribution < -0.4 is 19.7 Å². The molecule has 0 aliphatic carbocycles. The smallest absolute Gasteiger partial charge is 0.421 e. The van der Waals surface area contributed by atoms with Crippen LogP contribution in [0.2, 0.25) is 5.02 Å². The number of carbonyl (C=O) groups is 1. The second kappa shape index (κ2) is 15.6. The second-order valence-electron chi connectivity index (χ2n) is 12.1. The molecule has 1 N–H and O–H groups in total. The lowest BCUT2D eigenvalue weighted by Crippen LogP contribution is -2.44. The number of anilines is 3. The third kappa shape index (κ3) is 9.18. The Morgan fingerprint density at radius 2 is 1.72 bits per heavy atom. The molecule has 47 heavy (non-hydrogen) atoms. The Kier molecular flexibility index (Phi) is 11.3. The van der Waals surface area contributed by atoms with Crippen molar-refractivity contribution in [1.82, 2.24) is 19.8 Å². The first kappa shape index (κ1) is 34.1. The minimum atomic E-state index is -0.607. The van der Waals surface area contributed by atoms with E-state index in [1.54, 1.807) is 24.3 Å². The van der Waals surface area contributed by atoms with Gasteiger partial charge >= 0.3 is 6.09 Å². The van der Waals surface area contributed by atoms with Crippen molar-refractivity contribution < 1.29 is 18.7 Å². The molecule has 2 heterocycles. The molecular weight excluding hydrogens is 619 g/mol. The van der Waals surface area contributed by atoms with Crippen LogP contribution in [0.5, 0.6) is 11.5 Å². The third-order valence-electron chi connectivity index (χ3n) is 8.23. The normalized spacial score (nSPS) is 13.8. The highest BCUT2D eigenvalue weighted by molar-refractivity contribution is 6.30. The SMILES string of the molecule is Cc1cc(C)c(OC(=O)N(Cc2cc(Cl)ccc2C)c2ccnc(Nc3ccc(OCCCN4CCN(C)CC4)c(F)c3)n2)c(C)c1. The van der Waals surface area contributed by atoms with Gasteiger partial charge in [0.1, 0.15) is 11.6 Å². The molecule has 1 aliphatic rings. The molecule has 0 radical (unpaired) electrons. The molecule has 1 amide bonds. The molecule has 1 saturated heterocycles. The Morgan fingerprint density at radius 3 is 2.45 bits per heavy atom. The highest BCUT2D eigenvalue weighted by atomic mass is 35.5. The van der Waals surface area contributed by atoms with E-state index in [4.69, 9.17) is 21.1 Å². The van der Waals surface area contributed by atoms with Crippen LogP contribution in [0.15, 0.2) is 60.8 Å². The molecule has 1 aromatic heterocycles. The number of aromatic nitrogens is 2. The lowest BCUT2D eigenvalue weighted by atomic mass is 10.1. The largest absolute Gasteiger partial charge is 0.490 e. The number of hydrogen-bond acceptors (Lipinski definition) is 8. The van der Waals surface area contributed by atoms with Crippen molar-refractivity contribution in [3.8, 4) is 11.5 Å². The number of ether oxygens (including phenoxy) is 2. The predicted molar refractivity (Wildman–Crippen MR) is 185 cm³/mol. The topological polar surface area (TPSA) is 83.1 Å². The summed E-state index contributed by atoms with van der Waals surface area (Å²) in [5.74, 6) is 0.686. The van der Waals surface area contributed by atoms with Crippen molar-refractivity contribution >= 4 is 35.1 Å². The zero-order chi connectivity index (χ0) is 33.5. The van der Waals surface area contributed by atoms with Gasteiger partial charge in [-0.05, 0) is 93.7 Å². The van der Waals surface area contributed by atoms with Gasteiger partial charge in [-0.25, -0.2) is 14.2 Å². The number of aryl methyl sites for hydroxylation is 4. The molecule has 0 saturated carbocycles. The summed E-state index contributed by atoms with van der Waals surface area (Å²) < 4.78 is 26.7.